The van der Waals surface area contributed by atoms with Crippen LogP contribution in [0.3, 0.4) is 0 Å². The lowest BCUT2D eigenvalue weighted by Crippen LogP contribution is -2.00. The van der Waals surface area contributed by atoms with Crippen LogP contribution in [0.2, 0.25) is 10.2 Å². The van der Waals surface area contributed by atoms with Crippen molar-refractivity contribution in [2.24, 2.45) is 7.05 Å². The van der Waals surface area contributed by atoms with Crippen LogP contribution >= 0.6 is 23.2 Å². The summed E-state index contributed by atoms with van der Waals surface area (Å²) in [6.45, 7) is 1.98. The molecular formula is C13H14Cl2N2O2. The van der Waals surface area contributed by atoms with Gasteiger partial charge in [0.1, 0.15) is 17.5 Å². The molecule has 1 heterocycles. The van der Waals surface area contributed by atoms with E-state index >= 15 is 0 Å². The Morgan fingerprint density at radius 1 is 1.32 bits per heavy atom. The Hall–Kier alpha value is -1.23. The molecule has 1 aromatic heterocycles. The molecule has 2 aromatic rings. The third kappa shape index (κ3) is 2.86. The normalized spacial score (nSPS) is 10.8. The van der Waals surface area contributed by atoms with Gasteiger partial charge in [-0.2, -0.15) is 5.10 Å². The highest BCUT2D eigenvalue weighted by Gasteiger charge is 2.13. The SMILES string of the molecule is Cc1nn(C)c(Cl)c1COc1cccc(Cl)c1CO. The van der Waals surface area contributed by atoms with Crippen LogP contribution in [0.4, 0.5) is 0 Å². The number of rotatable bonds is 4. The first-order valence-electron chi connectivity index (χ1n) is 5.73. The molecule has 0 saturated heterocycles. The summed E-state index contributed by atoms with van der Waals surface area (Å²) in [5.41, 5.74) is 2.22. The van der Waals surface area contributed by atoms with Crippen molar-refractivity contribution in [3.05, 3.63) is 45.2 Å². The van der Waals surface area contributed by atoms with Crippen molar-refractivity contribution in [3.63, 3.8) is 0 Å². The van der Waals surface area contributed by atoms with Crippen molar-refractivity contribution in [1.29, 1.82) is 0 Å². The summed E-state index contributed by atoms with van der Waals surface area (Å²) in [6, 6.07) is 5.24. The maximum atomic E-state index is 9.30. The van der Waals surface area contributed by atoms with Crippen LogP contribution < -0.4 is 4.74 Å². The van der Waals surface area contributed by atoms with Gasteiger partial charge < -0.3 is 9.84 Å². The fourth-order valence-electron chi connectivity index (χ4n) is 1.82. The van der Waals surface area contributed by atoms with Crippen LogP contribution in [0.15, 0.2) is 18.2 Å². The number of nitrogens with zero attached hydrogens (tertiary/aromatic N) is 2. The standard InChI is InChI=1S/C13H14Cl2N2O2/c1-8-10(13(15)17(2)16-8)7-19-12-5-3-4-11(14)9(12)6-18/h3-5,18H,6-7H2,1-2H3. The number of hydrogen-bond donors (Lipinski definition) is 1. The fraction of sp³-hybridized carbons (Fsp3) is 0.308. The average molecular weight is 301 g/mol. The highest BCUT2D eigenvalue weighted by atomic mass is 35.5. The minimum absolute atomic E-state index is 0.172. The molecule has 102 valence electrons. The van der Waals surface area contributed by atoms with Gasteiger partial charge in [-0.15, -0.1) is 0 Å². The summed E-state index contributed by atoms with van der Waals surface area (Å²) in [4.78, 5) is 0. The first-order chi connectivity index (χ1) is 9.04. The summed E-state index contributed by atoms with van der Waals surface area (Å²) in [5.74, 6) is 0.550. The number of aliphatic hydroxyl groups is 1. The lowest BCUT2D eigenvalue weighted by molar-refractivity contribution is 0.259. The highest BCUT2D eigenvalue weighted by molar-refractivity contribution is 6.31. The number of aryl methyl sites for hydroxylation is 2. The minimum atomic E-state index is -0.172. The molecular weight excluding hydrogens is 287 g/mol. The van der Waals surface area contributed by atoms with Gasteiger partial charge in [0, 0.05) is 23.2 Å². The largest absolute Gasteiger partial charge is 0.488 e. The predicted molar refractivity (Wildman–Crippen MR) is 74.7 cm³/mol. The van der Waals surface area contributed by atoms with E-state index in [1.165, 1.54) is 0 Å². The third-order valence-corrected chi connectivity index (χ3v) is 3.70. The van der Waals surface area contributed by atoms with E-state index in [1.807, 2.05) is 6.92 Å². The first kappa shape index (κ1) is 14.2. The number of hydrogen-bond acceptors (Lipinski definition) is 3. The second-order valence-corrected chi connectivity index (χ2v) is 4.91. The molecule has 0 spiro atoms. The van der Waals surface area contributed by atoms with E-state index in [1.54, 1.807) is 29.9 Å². The van der Waals surface area contributed by atoms with E-state index in [4.69, 9.17) is 27.9 Å². The van der Waals surface area contributed by atoms with Crippen LogP contribution in [0.5, 0.6) is 5.75 Å². The molecule has 0 aliphatic rings. The van der Waals surface area contributed by atoms with Gasteiger partial charge in [0.25, 0.3) is 0 Å². The quantitative estimate of drug-likeness (QED) is 0.944. The number of halogens is 2. The molecule has 1 N–H and O–H groups in total. The summed E-state index contributed by atoms with van der Waals surface area (Å²) in [5, 5.41) is 14.5. The molecule has 0 amide bonds. The number of ether oxygens (including phenoxy) is 1. The Kier molecular flexibility index (Phi) is 4.34. The Balaban J connectivity index is 2.21. The van der Waals surface area contributed by atoms with Crippen LogP contribution in [-0.2, 0) is 20.3 Å². The predicted octanol–water partition coefficient (Wildman–Crippen LogP) is 3.11. The molecule has 0 radical (unpaired) electrons. The molecule has 4 nitrogen and oxygen atoms in total. The maximum Gasteiger partial charge on any atom is 0.133 e. The number of benzene rings is 1. The monoisotopic (exact) mass is 300 g/mol. The van der Waals surface area contributed by atoms with Crippen molar-refractivity contribution >= 4 is 23.2 Å². The van der Waals surface area contributed by atoms with Crippen LogP contribution in [0.1, 0.15) is 16.8 Å². The average Bonchev–Trinajstić information content (AvgIpc) is 2.61. The van der Waals surface area contributed by atoms with Gasteiger partial charge in [-0.1, -0.05) is 29.3 Å². The second-order valence-electron chi connectivity index (χ2n) is 4.14. The highest BCUT2D eigenvalue weighted by Crippen LogP contribution is 2.28. The topological polar surface area (TPSA) is 47.3 Å². The van der Waals surface area contributed by atoms with Crippen molar-refractivity contribution < 1.29 is 9.84 Å². The zero-order valence-corrected chi connectivity index (χ0v) is 12.2. The molecule has 0 unspecified atom stereocenters. The van der Waals surface area contributed by atoms with E-state index in [2.05, 4.69) is 5.10 Å². The lowest BCUT2D eigenvalue weighted by atomic mass is 10.2. The molecule has 0 aliphatic carbocycles. The Bertz CT molecular complexity index is 597. The minimum Gasteiger partial charge on any atom is -0.488 e. The van der Waals surface area contributed by atoms with E-state index in [0.29, 0.717) is 21.5 Å². The van der Waals surface area contributed by atoms with Crippen molar-refractivity contribution in [2.45, 2.75) is 20.1 Å². The number of aromatic nitrogens is 2. The van der Waals surface area contributed by atoms with Gasteiger partial charge in [-0.05, 0) is 19.1 Å². The Labute approximate surface area is 121 Å². The van der Waals surface area contributed by atoms with Crippen LogP contribution in [-0.4, -0.2) is 14.9 Å². The molecule has 0 fully saturated rings. The fourth-order valence-corrected chi connectivity index (χ4v) is 2.27. The number of aliphatic hydroxyl groups excluding tert-OH is 1. The van der Waals surface area contributed by atoms with Gasteiger partial charge in [-0.25, -0.2) is 0 Å². The molecule has 0 saturated carbocycles. The van der Waals surface area contributed by atoms with E-state index in [-0.39, 0.29) is 13.2 Å². The molecule has 1 aromatic carbocycles. The van der Waals surface area contributed by atoms with Gasteiger partial charge in [0.05, 0.1) is 12.3 Å². The van der Waals surface area contributed by atoms with E-state index in [0.717, 1.165) is 11.3 Å². The Morgan fingerprint density at radius 3 is 2.63 bits per heavy atom. The van der Waals surface area contributed by atoms with E-state index in [9.17, 15) is 5.11 Å². The zero-order chi connectivity index (χ0) is 14.0. The zero-order valence-electron chi connectivity index (χ0n) is 10.7. The van der Waals surface area contributed by atoms with Gasteiger partial charge in [-0.3, -0.25) is 4.68 Å². The summed E-state index contributed by atoms with van der Waals surface area (Å²) in [7, 11) is 1.78. The molecule has 19 heavy (non-hydrogen) atoms. The van der Waals surface area contributed by atoms with Crippen molar-refractivity contribution in [1.82, 2.24) is 9.78 Å². The Morgan fingerprint density at radius 2 is 2.05 bits per heavy atom. The van der Waals surface area contributed by atoms with Crippen molar-refractivity contribution in [3.8, 4) is 5.75 Å². The lowest BCUT2D eigenvalue weighted by Gasteiger charge is -2.11. The summed E-state index contributed by atoms with van der Waals surface area (Å²) >= 11 is 12.1. The van der Waals surface area contributed by atoms with Crippen LogP contribution in [0, 0.1) is 6.92 Å². The second kappa shape index (κ2) is 5.82. The summed E-state index contributed by atoms with van der Waals surface area (Å²) in [6.07, 6.45) is 0. The van der Waals surface area contributed by atoms with Gasteiger partial charge in [0.15, 0.2) is 0 Å². The van der Waals surface area contributed by atoms with Crippen LogP contribution in [0.25, 0.3) is 0 Å². The molecule has 0 bridgehead atoms. The molecule has 0 aliphatic heterocycles. The molecule has 0 atom stereocenters. The smallest absolute Gasteiger partial charge is 0.133 e. The maximum absolute atomic E-state index is 9.30. The summed E-state index contributed by atoms with van der Waals surface area (Å²) < 4.78 is 7.29. The first-order valence-corrected chi connectivity index (χ1v) is 6.49. The molecule has 2 rings (SSSR count). The van der Waals surface area contributed by atoms with Gasteiger partial charge in [0.2, 0.25) is 0 Å². The van der Waals surface area contributed by atoms with Gasteiger partial charge >= 0.3 is 0 Å². The third-order valence-electron chi connectivity index (χ3n) is 2.88. The molecule has 6 heteroatoms. The van der Waals surface area contributed by atoms with E-state index < -0.39 is 0 Å². The van der Waals surface area contributed by atoms with Crippen molar-refractivity contribution in [2.75, 3.05) is 0 Å².